The maximum atomic E-state index is 13.3. The average Bonchev–Trinajstić information content (AvgIpc) is 3.31. The molecule has 9 N–H and O–H groups in total. The molecule has 0 aliphatic heterocycles. The highest BCUT2D eigenvalue weighted by Gasteiger charge is 2.30. The normalized spacial score (nSPS) is 14.4. The van der Waals surface area contributed by atoms with Gasteiger partial charge in [0.15, 0.2) is 0 Å². The SMILES string of the molecule is CSCCC(NC(=O)C(N)C(C)C)C(=O)NC(CCCCN)C(=O)NC(Cc1c[nH]c2ccccc12)C(=O)O. The molecular formula is C27H42N6O5S. The number of para-hydroxylation sites is 1. The first kappa shape index (κ1) is 32.1. The van der Waals surface area contributed by atoms with E-state index in [9.17, 15) is 24.3 Å². The number of unbranched alkanes of at least 4 members (excludes halogenated alkanes) is 1. The van der Waals surface area contributed by atoms with E-state index in [2.05, 4.69) is 20.9 Å². The fourth-order valence-electron chi connectivity index (χ4n) is 4.10. The predicted molar refractivity (Wildman–Crippen MR) is 154 cm³/mol. The summed E-state index contributed by atoms with van der Waals surface area (Å²) in [6, 6.07) is 3.63. The van der Waals surface area contributed by atoms with Gasteiger partial charge in [-0.2, -0.15) is 11.8 Å². The quantitative estimate of drug-likeness (QED) is 0.139. The van der Waals surface area contributed by atoms with Crippen LogP contribution in [0.5, 0.6) is 0 Å². The summed E-state index contributed by atoms with van der Waals surface area (Å²) in [5.41, 5.74) is 13.2. The fraction of sp³-hybridized carbons (Fsp3) is 0.556. The minimum atomic E-state index is -1.21. The molecule has 1 heterocycles. The number of thioether (sulfide) groups is 1. The van der Waals surface area contributed by atoms with E-state index >= 15 is 0 Å². The van der Waals surface area contributed by atoms with Gasteiger partial charge in [0.05, 0.1) is 6.04 Å². The van der Waals surface area contributed by atoms with Gasteiger partial charge in [0.25, 0.3) is 0 Å². The van der Waals surface area contributed by atoms with E-state index in [0.717, 1.165) is 16.5 Å². The summed E-state index contributed by atoms with van der Waals surface area (Å²) in [4.78, 5) is 54.3. The van der Waals surface area contributed by atoms with Crippen LogP contribution in [0.2, 0.25) is 0 Å². The van der Waals surface area contributed by atoms with Crippen LogP contribution in [-0.2, 0) is 25.6 Å². The number of carbonyl (C=O) groups excluding carboxylic acids is 3. The number of amides is 3. The number of hydrogen-bond acceptors (Lipinski definition) is 7. The molecule has 2 aromatic rings. The molecule has 2 rings (SSSR count). The Balaban J connectivity index is 2.18. The number of benzene rings is 1. The molecule has 0 fully saturated rings. The lowest BCUT2D eigenvalue weighted by Gasteiger charge is -2.26. The van der Waals surface area contributed by atoms with E-state index in [-0.39, 0.29) is 18.8 Å². The summed E-state index contributed by atoms with van der Waals surface area (Å²) >= 11 is 1.52. The van der Waals surface area contributed by atoms with Crippen LogP contribution in [0.4, 0.5) is 0 Å². The standard InChI is InChI=1S/C27H42N6O5S/c1-16(2)23(29)26(36)32-21(11-13-39-3)25(35)31-20(10-6-7-12-28)24(34)33-22(27(37)38)14-17-15-30-19-9-5-4-8-18(17)19/h4-5,8-9,15-16,20-23,30H,6-7,10-14,28-29H2,1-3H3,(H,31,35)(H,32,36)(H,33,34)(H,37,38). The van der Waals surface area contributed by atoms with Gasteiger partial charge in [-0.15, -0.1) is 0 Å². The molecule has 11 nitrogen and oxygen atoms in total. The number of H-pyrrole nitrogens is 1. The molecule has 0 aliphatic carbocycles. The van der Waals surface area contributed by atoms with Crippen molar-refractivity contribution in [1.29, 1.82) is 0 Å². The molecule has 3 amide bonds. The van der Waals surface area contributed by atoms with Gasteiger partial charge in [-0.25, -0.2) is 4.79 Å². The number of fused-ring (bicyclic) bond motifs is 1. The molecule has 12 heteroatoms. The van der Waals surface area contributed by atoms with Crippen LogP contribution in [0.3, 0.4) is 0 Å². The molecule has 216 valence electrons. The summed E-state index contributed by atoms with van der Waals surface area (Å²) in [5, 5.41) is 18.8. The fourth-order valence-corrected chi connectivity index (χ4v) is 4.57. The van der Waals surface area contributed by atoms with Gasteiger partial charge in [-0.1, -0.05) is 32.0 Å². The van der Waals surface area contributed by atoms with Crippen molar-refractivity contribution in [2.75, 3.05) is 18.6 Å². The van der Waals surface area contributed by atoms with Gasteiger partial charge in [0.1, 0.15) is 18.1 Å². The Morgan fingerprint density at radius 2 is 1.56 bits per heavy atom. The molecule has 0 bridgehead atoms. The summed E-state index contributed by atoms with van der Waals surface area (Å²) in [6.45, 7) is 4.04. The summed E-state index contributed by atoms with van der Waals surface area (Å²) < 4.78 is 0. The van der Waals surface area contributed by atoms with Gasteiger partial charge in [-0.3, -0.25) is 14.4 Å². The van der Waals surface area contributed by atoms with Crippen molar-refractivity contribution in [3.05, 3.63) is 36.0 Å². The van der Waals surface area contributed by atoms with Crippen molar-refractivity contribution in [2.45, 2.75) is 70.1 Å². The number of nitrogens with one attached hydrogen (secondary N) is 4. The third kappa shape index (κ3) is 9.86. The van der Waals surface area contributed by atoms with Crippen molar-refractivity contribution < 1.29 is 24.3 Å². The number of aromatic nitrogens is 1. The van der Waals surface area contributed by atoms with Crippen molar-refractivity contribution in [3.8, 4) is 0 Å². The van der Waals surface area contributed by atoms with Crippen LogP contribution < -0.4 is 27.4 Å². The maximum Gasteiger partial charge on any atom is 0.326 e. The zero-order chi connectivity index (χ0) is 28.9. The zero-order valence-corrected chi connectivity index (χ0v) is 23.7. The Morgan fingerprint density at radius 1 is 0.949 bits per heavy atom. The van der Waals surface area contributed by atoms with Crippen LogP contribution >= 0.6 is 11.8 Å². The second kappa shape index (κ2) is 16.1. The van der Waals surface area contributed by atoms with E-state index < -0.39 is 47.9 Å². The summed E-state index contributed by atoms with van der Waals surface area (Å²) in [7, 11) is 0. The van der Waals surface area contributed by atoms with Crippen molar-refractivity contribution in [3.63, 3.8) is 0 Å². The lowest BCUT2D eigenvalue weighted by Crippen LogP contribution is -2.57. The number of aromatic amines is 1. The van der Waals surface area contributed by atoms with Crippen LogP contribution in [0.1, 0.15) is 45.1 Å². The van der Waals surface area contributed by atoms with Gasteiger partial charge in [-0.05, 0) is 61.8 Å². The lowest BCUT2D eigenvalue weighted by atomic mass is 10.0. The highest BCUT2D eigenvalue weighted by atomic mass is 32.2. The van der Waals surface area contributed by atoms with Gasteiger partial charge >= 0.3 is 5.97 Å². The molecule has 0 radical (unpaired) electrons. The highest BCUT2D eigenvalue weighted by Crippen LogP contribution is 2.19. The first-order chi connectivity index (χ1) is 18.6. The molecule has 4 unspecified atom stereocenters. The number of carbonyl (C=O) groups is 4. The van der Waals surface area contributed by atoms with E-state index in [4.69, 9.17) is 11.5 Å². The van der Waals surface area contributed by atoms with E-state index in [0.29, 0.717) is 31.6 Å². The van der Waals surface area contributed by atoms with Crippen LogP contribution in [0, 0.1) is 5.92 Å². The van der Waals surface area contributed by atoms with Crippen LogP contribution in [-0.4, -0.2) is 76.5 Å². The second-order valence-corrected chi connectivity index (χ2v) is 10.9. The average molecular weight is 563 g/mol. The van der Waals surface area contributed by atoms with E-state index in [1.165, 1.54) is 11.8 Å². The Kier molecular flexibility index (Phi) is 13.3. The van der Waals surface area contributed by atoms with E-state index in [1.807, 2.05) is 44.4 Å². The number of hydrogen-bond donors (Lipinski definition) is 7. The third-order valence-corrected chi connectivity index (χ3v) is 7.20. The van der Waals surface area contributed by atoms with Gasteiger partial charge in [0, 0.05) is 23.5 Å². The van der Waals surface area contributed by atoms with Gasteiger partial charge < -0.3 is 37.5 Å². The molecule has 0 saturated heterocycles. The molecule has 39 heavy (non-hydrogen) atoms. The summed E-state index contributed by atoms with van der Waals surface area (Å²) in [6.07, 6.45) is 5.48. The predicted octanol–water partition coefficient (Wildman–Crippen LogP) is 1.11. The molecule has 0 saturated carbocycles. The molecule has 0 spiro atoms. The maximum absolute atomic E-state index is 13.3. The Labute approximate surface area is 233 Å². The monoisotopic (exact) mass is 562 g/mol. The molecule has 1 aromatic heterocycles. The highest BCUT2D eigenvalue weighted by molar-refractivity contribution is 7.98. The topological polar surface area (TPSA) is 192 Å². The Bertz CT molecular complexity index is 1110. The minimum Gasteiger partial charge on any atom is -0.480 e. The van der Waals surface area contributed by atoms with E-state index in [1.54, 1.807) is 6.20 Å². The van der Waals surface area contributed by atoms with Crippen molar-refractivity contribution in [2.24, 2.45) is 17.4 Å². The van der Waals surface area contributed by atoms with Crippen molar-refractivity contribution in [1.82, 2.24) is 20.9 Å². The first-order valence-electron chi connectivity index (χ1n) is 13.2. The number of carboxylic acids is 1. The minimum absolute atomic E-state index is 0.0635. The lowest BCUT2D eigenvalue weighted by molar-refractivity contribution is -0.142. The first-order valence-corrected chi connectivity index (χ1v) is 14.6. The molecular weight excluding hydrogens is 520 g/mol. The third-order valence-electron chi connectivity index (χ3n) is 6.56. The largest absolute Gasteiger partial charge is 0.480 e. The number of aliphatic carboxylic acids is 1. The number of rotatable bonds is 17. The van der Waals surface area contributed by atoms with Crippen molar-refractivity contribution >= 4 is 46.4 Å². The number of nitrogens with two attached hydrogens (primary N) is 2. The number of carboxylic acid groups (broad SMARTS) is 1. The molecule has 0 aliphatic rings. The van der Waals surface area contributed by atoms with Gasteiger partial charge in [0.2, 0.25) is 17.7 Å². The zero-order valence-electron chi connectivity index (χ0n) is 22.9. The molecule has 4 atom stereocenters. The van der Waals surface area contributed by atoms with Crippen LogP contribution in [0.15, 0.2) is 30.5 Å². The second-order valence-electron chi connectivity index (χ2n) is 9.92. The molecule has 1 aromatic carbocycles. The Hall–Kier alpha value is -3.09. The Morgan fingerprint density at radius 3 is 2.18 bits per heavy atom. The smallest absolute Gasteiger partial charge is 0.326 e. The van der Waals surface area contributed by atoms with Crippen LogP contribution in [0.25, 0.3) is 10.9 Å². The summed E-state index contributed by atoms with van der Waals surface area (Å²) in [5.74, 6) is -2.28.